The Morgan fingerprint density at radius 2 is 1.77 bits per heavy atom. The number of benzene rings is 1. The molecule has 26 heavy (non-hydrogen) atoms. The summed E-state index contributed by atoms with van der Waals surface area (Å²) >= 11 is 0. The molecule has 0 aromatic heterocycles. The van der Waals surface area contributed by atoms with Gasteiger partial charge < -0.3 is 14.9 Å². The summed E-state index contributed by atoms with van der Waals surface area (Å²) in [7, 11) is 0. The molecule has 0 bridgehead atoms. The highest BCUT2D eigenvalue weighted by atomic mass is 19.1. The van der Waals surface area contributed by atoms with Crippen molar-refractivity contribution in [2.45, 2.75) is 25.7 Å². The van der Waals surface area contributed by atoms with E-state index in [0.717, 1.165) is 5.56 Å². The number of hydrogen-bond donors (Lipinski definition) is 1. The second kappa shape index (κ2) is 7.85. The minimum absolute atomic E-state index is 0.0362. The average Bonchev–Trinajstić information content (AvgIpc) is 3.01. The number of carboxylic acids is 1. The number of hydrogen-bond acceptors (Lipinski definition) is 3. The van der Waals surface area contributed by atoms with Gasteiger partial charge in [0.1, 0.15) is 5.82 Å². The van der Waals surface area contributed by atoms with Gasteiger partial charge in [-0.1, -0.05) is 12.1 Å². The van der Waals surface area contributed by atoms with Crippen LogP contribution in [0.4, 0.5) is 4.39 Å². The Labute approximate surface area is 151 Å². The summed E-state index contributed by atoms with van der Waals surface area (Å²) < 4.78 is 12.9. The normalized spacial score (nSPS) is 21.3. The van der Waals surface area contributed by atoms with Crippen molar-refractivity contribution in [1.82, 2.24) is 9.80 Å². The van der Waals surface area contributed by atoms with Crippen molar-refractivity contribution in [3.05, 3.63) is 35.6 Å². The van der Waals surface area contributed by atoms with Crippen LogP contribution < -0.4 is 0 Å². The Hall–Kier alpha value is -2.44. The fraction of sp³-hybridized carbons (Fsp3) is 0.526. The second-order valence-corrected chi connectivity index (χ2v) is 7.06. The van der Waals surface area contributed by atoms with Gasteiger partial charge in [0.05, 0.1) is 11.8 Å². The molecule has 3 rings (SSSR count). The number of likely N-dealkylation sites (tertiary alicyclic amines) is 2. The van der Waals surface area contributed by atoms with Gasteiger partial charge in [-0.3, -0.25) is 14.4 Å². The molecule has 2 fully saturated rings. The van der Waals surface area contributed by atoms with Crippen LogP contribution in [-0.2, 0) is 20.8 Å². The number of carbonyl (C=O) groups excluding carboxylic acids is 2. The Balaban J connectivity index is 1.50. The van der Waals surface area contributed by atoms with Crippen LogP contribution in [0.15, 0.2) is 24.3 Å². The highest BCUT2D eigenvalue weighted by Crippen LogP contribution is 2.24. The van der Waals surface area contributed by atoms with Gasteiger partial charge in [0.15, 0.2) is 0 Å². The standard InChI is InChI=1S/C19H23FN2O4/c20-16-3-1-13(2-4-16)5-8-22-12-15(11-17(22)23)18(24)21-9-6-14(7-10-21)19(25)26/h1-4,14-15H,5-12H2,(H,25,26)/t15-/m1/s1. The van der Waals surface area contributed by atoms with E-state index in [1.807, 2.05) is 0 Å². The highest BCUT2D eigenvalue weighted by molar-refractivity contribution is 5.89. The van der Waals surface area contributed by atoms with Gasteiger partial charge in [-0.25, -0.2) is 4.39 Å². The Kier molecular flexibility index (Phi) is 5.54. The first-order valence-electron chi connectivity index (χ1n) is 8.98. The van der Waals surface area contributed by atoms with Crippen LogP contribution in [0, 0.1) is 17.7 Å². The fourth-order valence-electron chi connectivity index (χ4n) is 3.67. The van der Waals surface area contributed by atoms with E-state index in [1.54, 1.807) is 21.9 Å². The summed E-state index contributed by atoms with van der Waals surface area (Å²) in [5, 5.41) is 9.04. The number of piperidine rings is 1. The van der Waals surface area contributed by atoms with Gasteiger partial charge in [-0.05, 0) is 37.0 Å². The van der Waals surface area contributed by atoms with Crippen LogP contribution in [0.2, 0.25) is 0 Å². The van der Waals surface area contributed by atoms with Gasteiger partial charge in [0.2, 0.25) is 11.8 Å². The van der Waals surface area contributed by atoms with Crippen LogP contribution in [0.1, 0.15) is 24.8 Å². The molecule has 2 aliphatic rings. The number of rotatable bonds is 5. The van der Waals surface area contributed by atoms with E-state index in [1.165, 1.54) is 12.1 Å². The van der Waals surface area contributed by atoms with Gasteiger partial charge in [-0.2, -0.15) is 0 Å². The van der Waals surface area contributed by atoms with Crippen LogP contribution in [-0.4, -0.2) is 58.9 Å². The molecule has 1 aromatic rings. The van der Waals surface area contributed by atoms with Crippen molar-refractivity contribution < 1.29 is 23.9 Å². The third kappa shape index (κ3) is 4.20. The van der Waals surface area contributed by atoms with E-state index in [0.29, 0.717) is 45.4 Å². The molecule has 2 saturated heterocycles. The molecule has 0 saturated carbocycles. The van der Waals surface area contributed by atoms with Gasteiger partial charge >= 0.3 is 5.97 Å². The number of aliphatic carboxylic acids is 1. The summed E-state index contributed by atoms with van der Waals surface area (Å²) in [6.45, 7) is 1.79. The number of halogens is 1. The summed E-state index contributed by atoms with van der Waals surface area (Å²) in [4.78, 5) is 39.2. The molecular weight excluding hydrogens is 339 g/mol. The van der Waals surface area contributed by atoms with E-state index >= 15 is 0 Å². The van der Waals surface area contributed by atoms with Gasteiger partial charge in [0.25, 0.3) is 0 Å². The molecule has 0 aliphatic carbocycles. The summed E-state index contributed by atoms with van der Waals surface area (Å²) in [6, 6.07) is 6.19. The maximum atomic E-state index is 12.9. The maximum Gasteiger partial charge on any atom is 0.306 e. The zero-order valence-corrected chi connectivity index (χ0v) is 14.6. The molecule has 2 aliphatic heterocycles. The van der Waals surface area contributed by atoms with E-state index in [9.17, 15) is 18.8 Å². The first-order valence-corrected chi connectivity index (χ1v) is 8.98. The molecule has 0 radical (unpaired) electrons. The monoisotopic (exact) mass is 362 g/mol. The third-order valence-electron chi connectivity index (χ3n) is 5.30. The molecule has 140 valence electrons. The Bertz CT molecular complexity index is 683. The van der Waals surface area contributed by atoms with Gasteiger partial charge in [0, 0.05) is 32.6 Å². The molecule has 1 aromatic carbocycles. The van der Waals surface area contributed by atoms with Crippen LogP contribution in [0.25, 0.3) is 0 Å². The lowest BCUT2D eigenvalue weighted by Gasteiger charge is -2.31. The van der Waals surface area contributed by atoms with E-state index < -0.39 is 5.97 Å². The second-order valence-electron chi connectivity index (χ2n) is 7.06. The number of carbonyl (C=O) groups is 3. The van der Waals surface area contributed by atoms with Crippen molar-refractivity contribution >= 4 is 17.8 Å². The number of nitrogens with zero attached hydrogens (tertiary/aromatic N) is 2. The predicted octanol–water partition coefficient (Wildman–Crippen LogP) is 1.54. The molecule has 0 unspecified atom stereocenters. The van der Waals surface area contributed by atoms with Crippen molar-refractivity contribution in [1.29, 1.82) is 0 Å². The van der Waals surface area contributed by atoms with Crippen molar-refractivity contribution in [2.75, 3.05) is 26.2 Å². The smallest absolute Gasteiger partial charge is 0.306 e. The van der Waals surface area contributed by atoms with E-state index in [4.69, 9.17) is 5.11 Å². The molecule has 1 N–H and O–H groups in total. The van der Waals surface area contributed by atoms with Crippen LogP contribution >= 0.6 is 0 Å². The maximum absolute atomic E-state index is 12.9. The molecule has 2 heterocycles. The lowest BCUT2D eigenvalue weighted by molar-refractivity contribution is -0.146. The minimum atomic E-state index is -0.805. The SMILES string of the molecule is O=C(O)C1CCN(C(=O)[C@@H]2CC(=O)N(CCc3ccc(F)cc3)C2)CC1. The summed E-state index contributed by atoms with van der Waals surface area (Å²) in [5.41, 5.74) is 0.949. The van der Waals surface area contributed by atoms with Crippen LogP contribution in [0.3, 0.4) is 0 Å². The average molecular weight is 362 g/mol. The predicted molar refractivity (Wildman–Crippen MR) is 91.7 cm³/mol. The van der Waals surface area contributed by atoms with Crippen molar-refractivity contribution in [3.8, 4) is 0 Å². The Morgan fingerprint density at radius 1 is 1.12 bits per heavy atom. The summed E-state index contributed by atoms with van der Waals surface area (Å²) in [5.74, 6) is -1.91. The third-order valence-corrected chi connectivity index (χ3v) is 5.30. The molecule has 1 atom stereocenters. The topological polar surface area (TPSA) is 77.9 Å². The molecule has 6 nitrogen and oxygen atoms in total. The van der Waals surface area contributed by atoms with Gasteiger partial charge in [-0.15, -0.1) is 0 Å². The first-order chi connectivity index (χ1) is 12.4. The first kappa shape index (κ1) is 18.4. The van der Waals surface area contributed by atoms with Crippen molar-refractivity contribution in [2.24, 2.45) is 11.8 Å². The zero-order chi connectivity index (χ0) is 18.7. The summed E-state index contributed by atoms with van der Waals surface area (Å²) in [6.07, 6.45) is 1.77. The molecule has 2 amide bonds. The molecule has 7 heteroatoms. The van der Waals surface area contributed by atoms with E-state index in [2.05, 4.69) is 0 Å². The zero-order valence-electron chi connectivity index (χ0n) is 14.6. The Morgan fingerprint density at radius 3 is 2.38 bits per heavy atom. The molecular formula is C19H23FN2O4. The van der Waals surface area contributed by atoms with Crippen LogP contribution in [0.5, 0.6) is 0 Å². The van der Waals surface area contributed by atoms with E-state index in [-0.39, 0.29) is 35.9 Å². The molecule has 0 spiro atoms. The highest BCUT2D eigenvalue weighted by Gasteiger charge is 2.37. The fourth-order valence-corrected chi connectivity index (χ4v) is 3.67. The number of amides is 2. The lowest BCUT2D eigenvalue weighted by atomic mass is 9.95. The minimum Gasteiger partial charge on any atom is -0.481 e. The lowest BCUT2D eigenvalue weighted by Crippen LogP contribution is -2.43. The largest absolute Gasteiger partial charge is 0.481 e. The number of carboxylic acid groups (broad SMARTS) is 1. The quantitative estimate of drug-likeness (QED) is 0.862. The van der Waals surface area contributed by atoms with Crippen molar-refractivity contribution in [3.63, 3.8) is 0 Å².